The molecule has 1 aliphatic rings. The van der Waals surface area contributed by atoms with E-state index < -0.39 is 11.9 Å². The van der Waals surface area contributed by atoms with Crippen molar-refractivity contribution in [3.8, 4) is 5.75 Å². The molecule has 2 N–H and O–H groups in total. The number of hydrogen-bond acceptors (Lipinski definition) is 6. The van der Waals surface area contributed by atoms with Gasteiger partial charge in [-0.25, -0.2) is 4.79 Å². The molecule has 1 heterocycles. The molecule has 0 unspecified atom stereocenters. The van der Waals surface area contributed by atoms with Gasteiger partial charge in [-0.1, -0.05) is 47.6 Å². The molecule has 28 heavy (non-hydrogen) atoms. The minimum atomic E-state index is -0.404. The van der Waals surface area contributed by atoms with Crippen LogP contribution in [0.3, 0.4) is 0 Å². The van der Waals surface area contributed by atoms with E-state index in [1.807, 2.05) is 54.6 Å². The molecule has 0 saturated heterocycles. The Balaban J connectivity index is 1.98. The maximum atomic E-state index is 13.0. The average molecular weight is 376 g/mol. The second-order valence-corrected chi connectivity index (χ2v) is 6.39. The van der Waals surface area contributed by atoms with Gasteiger partial charge < -0.3 is 19.7 Å². The number of hydrogen-bond donors (Lipinski definition) is 1. The highest BCUT2D eigenvalue weighted by molar-refractivity contribution is 6.07. The second kappa shape index (κ2) is 7.23. The summed E-state index contributed by atoms with van der Waals surface area (Å²) in [5.41, 5.74) is 9.71. The van der Waals surface area contributed by atoms with E-state index in [0.717, 1.165) is 16.9 Å². The summed E-state index contributed by atoms with van der Waals surface area (Å²) in [7, 11) is 1.61. The average Bonchev–Trinajstić information content (AvgIpc) is 3.27. The number of nitrogens with two attached hydrogens (primary N) is 1. The first-order valence-electron chi connectivity index (χ1n) is 9.01. The van der Waals surface area contributed by atoms with E-state index in [9.17, 15) is 4.79 Å². The van der Waals surface area contributed by atoms with Crippen molar-refractivity contribution >= 4 is 17.4 Å². The van der Waals surface area contributed by atoms with Gasteiger partial charge in [0.25, 0.3) is 0 Å². The Kier molecular flexibility index (Phi) is 4.61. The van der Waals surface area contributed by atoms with Crippen molar-refractivity contribution in [3.05, 3.63) is 82.6 Å². The minimum absolute atomic E-state index is 0.272. The maximum Gasteiger partial charge on any atom is 0.335 e. The molecule has 142 valence electrons. The van der Waals surface area contributed by atoms with Gasteiger partial charge >= 0.3 is 5.97 Å². The molecule has 6 heteroatoms. The summed E-state index contributed by atoms with van der Waals surface area (Å²) in [6.07, 6.45) is 0. The molecule has 0 spiro atoms. The first-order valence-corrected chi connectivity index (χ1v) is 9.01. The van der Waals surface area contributed by atoms with Gasteiger partial charge in [-0.05, 0) is 30.2 Å². The Hall–Kier alpha value is -3.54. The molecule has 0 aliphatic heterocycles. The lowest BCUT2D eigenvalue weighted by Crippen LogP contribution is -2.15. The molecule has 0 saturated carbocycles. The highest BCUT2D eigenvalue weighted by Gasteiger charge is 2.42. The van der Waals surface area contributed by atoms with E-state index in [1.54, 1.807) is 14.0 Å². The number of rotatable bonds is 5. The quantitative estimate of drug-likeness (QED) is 0.682. The number of esters is 1. The summed E-state index contributed by atoms with van der Waals surface area (Å²) < 4.78 is 16.2. The number of carbonyl (C=O) groups excluding carboxylic acids is 1. The lowest BCUT2D eigenvalue weighted by atomic mass is 9.88. The van der Waals surface area contributed by atoms with E-state index in [2.05, 4.69) is 5.16 Å². The van der Waals surface area contributed by atoms with Gasteiger partial charge in [-0.3, -0.25) is 0 Å². The zero-order valence-electron chi connectivity index (χ0n) is 15.6. The molecular weight excluding hydrogens is 356 g/mol. The second-order valence-electron chi connectivity index (χ2n) is 6.39. The molecule has 3 aromatic rings. The SMILES string of the molecule is CCOC(=O)C1=C(c2ccc(OC)cc2)c2onc(N)c2[C@@H]1c1ccccc1. The van der Waals surface area contributed by atoms with E-state index in [0.29, 0.717) is 22.5 Å². The topological polar surface area (TPSA) is 87.6 Å². The Morgan fingerprint density at radius 2 is 1.86 bits per heavy atom. The summed E-state index contributed by atoms with van der Waals surface area (Å²) in [6.45, 7) is 2.06. The van der Waals surface area contributed by atoms with Crippen LogP contribution >= 0.6 is 0 Å². The lowest BCUT2D eigenvalue weighted by molar-refractivity contribution is -0.138. The van der Waals surface area contributed by atoms with Crippen molar-refractivity contribution in [3.63, 3.8) is 0 Å². The molecule has 0 bridgehead atoms. The van der Waals surface area contributed by atoms with Crippen molar-refractivity contribution in [1.82, 2.24) is 5.16 Å². The van der Waals surface area contributed by atoms with E-state index >= 15 is 0 Å². The van der Waals surface area contributed by atoms with E-state index in [4.69, 9.17) is 19.7 Å². The first kappa shape index (κ1) is 17.9. The number of aromatic nitrogens is 1. The summed E-state index contributed by atoms with van der Waals surface area (Å²) >= 11 is 0. The van der Waals surface area contributed by atoms with Crippen molar-refractivity contribution in [2.75, 3.05) is 19.5 Å². The standard InChI is InChI=1S/C22H20N2O4/c1-3-27-22(25)18-16(13-7-5-4-6-8-13)19-20(28-24-21(19)23)17(18)14-9-11-15(26-2)12-10-14/h4-12,16H,3H2,1-2H3,(H2,23,24)/t16-/m1/s1. The number of ether oxygens (including phenoxy) is 2. The Morgan fingerprint density at radius 3 is 2.50 bits per heavy atom. The van der Waals surface area contributed by atoms with Crippen LogP contribution in [0.1, 0.15) is 35.3 Å². The minimum Gasteiger partial charge on any atom is -0.497 e. The molecule has 0 radical (unpaired) electrons. The maximum absolute atomic E-state index is 13.0. The molecule has 0 amide bonds. The Labute approximate surface area is 162 Å². The summed E-state index contributed by atoms with van der Waals surface area (Å²) in [5.74, 6) is 0.692. The number of methoxy groups -OCH3 is 1. The van der Waals surface area contributed by atoms with Crippen LogP contribution in [0.25, 0.3) is 5.57 Å². The van der Waals surface area contributed by atoms with Crippen molar-refractivity contribution in [2.24, 2.45) is 0 Å². The third-order valence-corrected chi connectivity index (χ3v) is 4.84. The molecule has 4 rings (SSSR count). The summed E-state index contributed by atoms with van der Waals surface area (Å²) in [4.78, 5) is 13.0. The van der Waals surface area contributed by atoms with Gasteiger partial charge in [0.15, 0.2) is 11.6 Å². The van der Waals surface area contributed by atoms with Crippen molar-refractivity contribution < 1.29 is 18.8 Å². The predicted molar refractivity (Wildman–Crippen MR) is 105 cm³/mol. The zero-order valence-corrected chi connectivity index (χ0v) is 15.6. The Bertz CT molecular complexity index is 1040. The van der Waals surface area contributed by atoms with Crippen LogP contribution in [0.2, 0.25) is 0 Å². The van der Waals surface area contributed by atoms with Crippen molar-refractivity contribution in [2.45, 2.75) is 12.8 Å². The number of nitrogen functional groups attached to an aromatic ring is 1. The zero-order chi connectivity index (χ0) is 19.7. The summed E-state index contributed by atoms with van der Waals surface area (Å²) in [5, 5.41) is 3.96. The number of benzene rings is 2. The molecular formula is C22H20N2O4. The lowest BCUT2D eigenvalue weighted by Gasteiger charge is -2.16. The van der Waals surface area contributed by atoms with Gasteiger partial charge in [0.05, 0.1) is 24.9 Å². The first-order chi connectivity index (χ1) is 13.7. The number of nitrogens with zero attached hydrogens (tertiary/aromatic N) is 1. The van der Waals surface area contributed by atoms with E-state index in [1.165, 1.54) is 0 Å². The Morgan fingerprint density at radius 1 is 1.14 bits per heavy atom. The smallest absolute Gasteiger partial charge is 0.335 e. The molecule has 0 fully saturated rings. The third kappa shape index (κ3) is 2.83. The van der Waals surface area contributed by atoms with Crippen LogP contribution in [0.5, 0.6) is 5.75 Å². The van der Waals surface area contributed by atoms with Gasteiger partial charge in [0.2, 0.25) is 0 Å². The fourth-order valence-electron chi connectivity index (χ4n) is 3.63. The van der Waals surface area contributed by atoms with Crippen LogP contribution in [-0.2, 0) is 9.53 Å². The normalized spacial score (nSPS) is 15.4. The van der Waals surface area contributed by atoms with Crippen LogP contribution < -0.4 is 10.5 Å². The number of anilines is 1. The predicted octanol–water partition coefficient (Wildman–Crippen LogP) is 3.78. The van der Waals surface area contributed by atoms with Crippen molar-refractivity contribution in [1.29, 1.82) is 0 Å². The molecule has 6 nitrogen and oxygen atoms in total. The molecule has 1 atom stereocenters. The number of fused-ring (bicyclic) bond motifs is 1. The molecule has 2 aromatic carbocycles. The van der Waals surface area contributed by atoms with E-state index in [-0.39, 0.29) is 12.4 Å². The van der Waals surface area contributed by atoms with Crippen LogP contribution in [0.15, 0.2) is 64.7 Å². The van der Waals surface area contributed by atoms with Gasteiger partial charge in [0, 0.05) is 11.5 Å². The van der Waals surface area contributed by atoms with Crippen LogP contribution in [0, 0.1) is 0 Å². The third-order valence-electron chi connectivity index (χ3n) is 4.84. The monoisotopic (exact) mass is 376 g/mol. The highest BCUT2D eigenvalue weighted by Crippen LogP contribution is 2.50. The fourth-order valence-corrected chi connectivity index (χ4v) is 3.63. The summed E-state index contributed by atoms with van der Waals surface area (Å²) in [6, 6.07) is 17.1. The van der Waals surface area contributed by atoms with Crippen LogP contribution in [-0.4, -0.2) is 24.8 Å². The van der Waals surface area contributed by atoms with Gasteiger partial charge in [-0.15, -0.1) is 0 Å². The molecule has 1 aromatic heterocycles. The van der Waals surface area contributed by atoms with Crippen LogP contribution in [0.4, 0.5) is 5.82 Å². The van der Waals surface area contributed by atoms with Gasteiger partial charge in [-0.2, -0.15) is 0 Å². The van der Waals surface area contributed by atoms with Gasteiger partial charge in [0.1, 0.15) is 5.75 Å². The largest absolute Gasteiger partial charge is 0.497 e. The highest BCUT2D eigenvalue weighted by atomic mass is 16.5. The number of carbonyl (C=O) groups is 1. The molecule has 1 aliphatic carbocycles. The fraction of sp³-hybridized carbons (Fsp3) is 0.182.